The van der Waals surface area contributed by atoms with Crippen molar-refractivity contribution in [3.8, 4) is 0 Å². The minimum absolute atomic E-state index is 0.557. The normalized spacial score (nSPS) is 10.5. The van der Waals surface area contributed by atoms with Crippen LogP contribution in [0.25, 0.3) is 0 Å². The van der Waals surface area contributed by atoms with E-state index in [0.29, 0.717) is 6.54 Å². The molecule has 0 spiro atoms. The third-order valence-electron chi connectivity index (χ3n) is 1.90. The Kier molecular flexibility index (Phi) is 3.35. The molecule has 2 N–H and O–H groups in total. The van der Waals surface area contributed by atoms with E-state index in [1.54, 1.807) is 11.8 Å². The van der Waals surface area contributed by atoms with E-state index in [4.69, 9.17) is 5.73 Å². The van der Waals surface area contributed by atoms with E-state index in [9.17, 15) is 0 Å². The summed E-state index contributed by atoms with van der Waals surface area (Å²) in [7, 11) is 0. The fourth-order valence-corrected chi connectivity index (χ4v) is 2.93. The van der Waals surface area contributed by atoms with Crippen molar-refractivity contribution in [1.82, 2.24) is 9.36 Å². The van der Waals surface area contributed by atoms with Crippen molar-refractivity contribution < 1.29 is 0 Å². The van der Waals surface area contributed by atoms with Crippen molar-refractivity contribution in [2.45, 2.75) is 22.7 Å². The van der Waals surface area contributed by atoms with Crippen molar-refractivity contribution in [3.63, 3.8) is 0 Å². The van der Waals surface area contributed by atoms with Crippen molar-refractivity contribution >= 4 is 23.3 Å². The summed E-state index contributed by atoms with van der Waals surface area (Å²) in [4.78, 5) is 5.47. The molecule has 0 atom stereocenters. The molecule has 0 unspecified atom stereocenters. The molecule has 0 fully saturated rings. The van der Waals surface area contributed by atoms with Gasteiger partial charge in [0.2, 0.25) is 0 Å². The molecular weight excluding hydrogens is 226 g/mol. The fraction of sp³-hybridized carbons (Fsp3) is 0.200. The third-order valence-corrected chi connectivity index (χ3v) is 3.86. The lowest BCUT2D eigenvalue weighted by Crippen LogP contribution is -1.97. The number of rotatable bonds is 3. The number of benzene rings is 1. The zero-order valence-electron chi connectivity index (χ0n) is 8.30. The summed E-state index contributed by atoms with van der Waals surface area (Å²) in [5, 5.41) is 0. The van der Waals surface area contributed by atoms with E-state index in [-0.39, 0.29) is 0 Å². The average Bonchev–Trinajstić information content (AvgIpc) is 2.65. The SMILES string of the molecule is Cc1nsc(Sc2ccccc2CN)n1. The molecule has 5 heteroatoms. The van der Waals surface area contributed by atoms with Crippen molar-refractivity contribution in [1.29, 1.82) is 0 Å². The molecule has 1 aromatic carbocycles. The second-order valence-electron chi connectivity index (χ2n) is 3.02. The number of aryl methyl sites for hydroxylation is 1. The van der Waals surface area contributed by atoms with Gasteiger partial charge < -0.3 is 5.73 Å². The van der Waals surface area contributed by atoms with Crippen LogP contribution in [0, 0.1) is 6.92 Å². The summed E-state index contributed by atoms with van der Waals surface area (Å²) in [6.07, 6.45) is 0. The first kappa shape index (κ1) is 10.6. The van der Waals surface area contributed by atoms with Gasteiger partial charge in [-0.25, -0.2) is 4.98 Å². The Bertz CT molecular complexity index is 453. The van der Waals surface area contributed by atoms with Gasteiger partial charge in [-0.3, -0.25) is 0 Å². The van der Waals surface area contributed by atoms with Crippen molar-refractivity contribution in [2.24, 2.45) is 5.73 Å². The lowest BCUT2D eigenvalue weighted by atomic mass is 10.2. The highest BCUT2D eigenvalue weighted by Crippen LogP contribution is 2.31. The van der Waals surface area contributed by atoms with E-state index < -0.39 is 0 Å². The van der Waals surface area contributed by atoms with Gasteiger partial charge in [0.25, 0.3) is 0 Å². The molecule has 78 valence electrons. The van der Waals surface area contributed by atoms with E-state index in [1.807, 2.05) is 25.1 Å². The van der Waals surface area contributed by atoms with Crippen LogP contribution in [0.15, 0.2) is 33.5 Å². The van der Waals surface area contributed by atoms with Crippen LogP contribution in [0.4, 0.5) is 0 Å². The van der Waals surface area contributed by atoms with Crippen LogP contribution in [0.3, 0.4) is 0 Å². The summed E-state index contributed by atoms with van der Waals surface area (Å²) in [5.74, 6) is 0.827. The zero-order valence-corrected chi connectivity index (χ0v) is 9.94. The lowest BCUT2D eigenvalue weighted by Gasteiger charge is -2.03. The second-order valence-corrected chi connectivity index (χ2v) is 5.06. The highest BCUT2D eigenvalue weighted by Gasteiger charge is 2.05. The zero-order chi connectivity index (χ0) is 10.7. The van der Waals surface area contributed by atoms with Crippen LogP contribution in [-0.2, 0) is 6.54 Å². The van der Waals surface area contributed by atoms with E-state index >= 15 is 0 Å². The Morgan fingerprint density at radius 3 is 2.87 bits per heavy atom. The van der Waals surface area contributed by atoms with Gasteiger partial charge in [0.1, 0.15) is 5.82 Å². The number of hydrogen-bond acceptors (Lipinski definition) is 5. The van der Waals surface area contributed by atoms with Gasteiger partial charge in [-0.05, 0) is 30.1 Å². The maximum absolute atomic E-state index is 5.66. The monoisotopic (exact) mass is 237 g/mol. The van der Waals surface area contributed by atoms with Crippen LogP contribution < -0.4 is 5.73 Å². The molecule has 0 aliphatic carbocycles. The molecule has 15 heavy (non-hydrogen) atoms. The molecule has 0 radical (unpaired) electrons. The Morgan fingerprint density at radius 2 is 2.20 bits per heavy atom. The number of nitrogens with two attached hydrogens (primary N) is 1. The van der Waals surface area contributed by atoms with Gasteiger partial charge in [-0.15, -0.1) is 0 Å². The number of aromatic nitrogens is 2. The van der Waals surface area contributed by atoms with Crippen molar-refractivity contribution in [2.75, 3.05) is 0 Å². The first-order chi connectivity index (χ1) is 7.29. The predicted molar refractivity (Wildman–Crippen MR) is 63.1 cm³/mol. The standard InChI is InChI=1S/C10H11N3S2/c1-7-12-10(15-13-7)14-9-5-3-2-4-8(9)6-11/h2-5H,6,11H2,1H3. The van der Waals surface area contributed by atoms with Crippen LogP contribution in [-0.4, -0.2) is 9.36 Å². The molecule has 0 saturated heterocycles. The van der Waals surface area contributed by atoms with E-state index in [1.165, 1.54) is 11.5 Å². The second kappa shape index (κ2) is 4.74. The molecule has 0 aliphatic rings. The molecule has 1 aromatic heterocycles. The predicted octanol–water partition coefficient (Wildman–Crippen LogP) is 2.46. The molecule has 0 saturated carbocycles. The lowest BCUT2D eigenvalue weighted by molar-refractivity contribution is 1.02. The third kappa shape index (κ3) is 2.56. The van der Waals surface area contributed by atoms with Gasteiger partial charge >= 0.3 is 0 Å². The molecule has 0 amide bonds. The van der Waals surface area contributed by atoms with Crippen LogP contribution in [0.5, 0.6) is 0 Å². The Balaban J connectivity index is 2.23. The topological polar surface area (TPSA) is 51.8 Å². The van der Waals surface area contributed by atoms with Gasteiger partial charge in [0.15, 0.2) is 4.34 Å². The van der Waals surface area contributed by atoms with Gasteiger partial charge in [0, 0.05) is 11.4 Å². The quantitative estimate of drug-likeness (QED) is 0.891. The smallest absolute Gasteiger partial charge is 0.174 e. The van der Waals surface area contributed by atoms with Gasteiger partial charge in [0.05, 0.1) is 0 Å². The maximum Gasteiger partial charge on any atom is 0.174 e. The minimum Gasteiger partial charge on any atom is -0.326 e. The number of hydrogen-bond donors (Lipinski definition) is 1. The Morgan fingerprint density at radius 1 is 1.40 bits per heavy atom. The molecule has 0 aliphatic heterocycles. The highest BCUT2D eigenvalue weighted by atomic mass is 32.2. The first-order valence-electron chi connectivity index (χ1n) is 4.55. The molecule has 3 nitrogen and oxygen atoms in total. The summed E-state index contributed by atoms with van der Waals surface area (Å²) in [6.45, 7) is 2.45. The molecule has 2 aromatic rings. The van der Waals surface area contributed by atoms with Gasteiger partial charge in [-0.1, -0.05) is 30.0 Å². The van der Waals surface area contributed by atoms with E-state index in [2.05, 4.69) is 15.4 Å². The van der Waals surface area contributed by atoms with Crippen LogP contribution in [0.2, 0.25) is 0 Å². The summed E-state index contributed by atoms with van der Waals surface area (Å²) < 4.78 is 5.11. The molecule has 1 heterocycles. The Hall–Kier alpha value is -0.910. The maximum atomic E-state index is 5.66. The molecule has 0 bridgehead atoms. The van der Waals surface area contributed by atoms with Crippen LogP contribution in [0.1, 0.15) is 11.4 Å². The summed E-state index contributed by atoms with van der Waals surface area (Å²) in [5.41, 5.74) is 6.81. The fourth-order valence-electron chi connectivity index (χ4n) is 1.19. The summed E-state index contributed by atoms with van der Waals surface area (Å²) in [6, 6.07) is 8.10. The minimum atomic E-state index is 0.557. The number of nitrogens with zero attached hydrogens (tertiary/aromatic N) is 2. The molecular formula is C10H11N3S2. The van der Waals surface area contributed by atoms with Crippen molar-refractivity contribution in [3.05, 3.63) is 35.7 Å². The average molecular weight is 237 g/mol. The van der Waals surface area contributed by atoms with Crippen LogP contribution >= 0.6 is 23.3 Å². The first-order valence-corrected chi connectivity index (χ1v) is 6.14. The van der Waals surface area contributed by atoms with Gasteiger partial charge in [-0.2, -0.15) is 4.37 Å². The molecule has 2 rings (SSSR count). The highest BCUT2D eigenvalue weighted by molar-refractivity contribution is 8.01. The summed E-state index contributed by atoms with van der Waals surface area (Å²) >= 11 is 3.05. The Labute approximate surface area is 96.9 Å². The van der Waals surface area contributed by atoms with E-state index in [0.717, 1.165) is 20.6 Å². The largest absolute Gasteiger partial charge is 0.326 e.